The van der Waals surface area contributed by atoms with Crippen molar-refractivity contribution in [3.8, 4) is 5.75 Å². The van der Waals surface area contributed by atoms with E-state index in [0.29, 0.717) is 18.6 Å². The number of carbonyl (C=O) groups excluding carboxylic acids is 2. The van der Waals surface area contributed by atoms with E-state index in [0.717, 1.165) is 29.6 Å². The van der Waals surface area contributed by atoms with Gasteiger partial charge in [-0.2, -0.15) is 13.2 Å². The Kier molecular flexibility index (Phi) is 5.29. The number of hydrogen-bond donors (Lipinski definition) is 1. The second kappa shape index (κ2) is 7.65. The molecule has 3 rings (SSSR count). The van der Waals surface area contributed by atoms with E-state index in [1.165, 1.54) is 0 Å². The Balaban J connectivity index is 1.54. The molecule has 0 fully saturated rings. The first kappa shape index (κ1) is 18.7. The Morgan fingerprint density at radius 1 is 1.19 bits per heavy atom. The zero-order chi connectivity index (χ0) is 19.4. The zero-order valence-electron chi connectivity index (χ0n) is 14.0. The molecule has 9 heteroatoms. The minimum Gasteiger partial charge on any atom is -0.490 e. The first-order chi connectivity index (χ1) is 12.8. The molecule has 1 aromatic heterocycles. The molecular weight excluding hydrogens is 365 g/mol. The summed E-state index contributed by atoms with van der Waals surface area (Å²) < 4.78 is 48.9. The molecule has 1 amide bonds. The molecule has 2 aromatic rings. The van der Waals surface area contributed by atoms with Gasteiger partial charge in [0.2, 0.25) is 5.91 Å². The lowest BCUT2D eigenvalue weighted by atomic mass is 10.0. The Labute approximate surface area is 152 Å². The molecule has 6 nitrogen and oxygen atoms in total. The van der Waals surface area contributed by atoms with Crippen molar-refractivity contribution in [2.45, 2.75) is 19.0 Å². The summed E-state index contributed by atoms with van der Waals surface area (Å²) in [4.78, 5) is 26.7. The van der Waals surface area contributed by atoms with Crippen molar-refractivity contribution in [1.29, 1.82) is 0 Å². The highest BCUT2D eigenvalue weighted by atomic mass is 19.4. The normalized spacial score (nSPS) is 13.5. The number of aryl methyl sites for hydroxylation is 1. The molecule has 0 unspecified atom stereocenters. The molecule has 1 aliphatic rings. The molecule has 0 bridgehead atoms. The maximum Gasteiger partial charge on any atom is 0.418 e. The summed E-state index contributed by atoms with van der Waals surface area (Å²) in [5.41, 5.74) is -0.283. The fraction of sp³-hybridized carbons (Fsp3) is 0.278. The summed E-state index contributed by atoms with van der Waals surface area (Å²) in [5, 5.41) is 2.74. The Hall–Kier alpha value is -3.10. The van der Waals surface area contributed by atoms with Crippen LogP contribution in [-0.4, -0.2) is 30.1 Å². The molecule has 0 atom stereocenters. The van der Waals surface area contributed by atoms with Crippen LogP contribution in [0.3, 0.4) is 0 Å². The van der Waals surface area contributed by atoms with Gasteiger partial charge < -0.3 is 14.8 Å². The predicted molar refractivity (Wildman–Crippen MR) is 88.4 cm³/mol. The molecule has 27 heavy (non-hydrogen) atoms. The number of halogens is 3. The van der Waals surface area contributed by atoms with Gasteiger partial charge in [0.15, 0.2) is 5.69 Å². The van der Waals surface area contributed by atoms with Gasteiger partial charge in [-0.25, -0.2) is 9.78 Å². The molecule has 0 saturated heterocycles. The number of hydrogen-bond acceptors (Lipinski definition) is 5. The van der Waals surface area contributed by atoms with E-state index in [4.69, 9.17) is 9.47 Å². The quantitative estimate of drug-likeness (QED) is 0.637. The summed E-state index contributed by atoms with van der Waals surface area (Å²) in [7, 11) is 0. The van der Waals surface area contributed by atoms with Gasteiger partial charge in [-0.05, 0) is 42.3 Å². The average molecular weight is 380 g/mol. The maximum atomic E-state index is 12.9. The highest BCUT2D eigenvalue weighted by Crippen LogP contribution is 2.31. The summed E-state index contributed by atoms with van der Waals surface area (Å²) >= 11 is 0. The van der Waals surface area contributed by atoms with Gasteiger partial charge in [-0.3, -0.25) is 4.79 Å². The highest BCUT2D eigenvalue weighted by molar-refractivity contribution is 5.94. The zero-order valence-corrected chi connectivity index (χ0v) is 14.0. The molecule has 0 saturated carbocycles. The molecule has 1 aliphatic heterocycles. The van der Waals surface area contributed by atoms with Gasteiger partial charge in [-0.1, -0.05) is 0 Å². The lowest BCUT2D eigenvalue weighted by molar-refractivity contribution is -0.138. The molecule has 1 N–H and O–H groups in total. The number of aromatic nitrogens is 1. The largest absolute Gasteiger partial charge is 0.490 e. The van der Waals surface area contributed by atoms with Gasteiger partial charge >= 0.3 is 12.1 Å². The molecule has 1 aromatic carbocycles. The SMILES string of the molecule is O=C1CCc2cc(OCCOC(=O)c3ncccc3C(F)(F)F)ccc2N1. The minimum absolute atomic E-state index is 0.0366. The van der Waals surface area contributed by atoms with E-state index in [9.17, 15) is 22.8 Å². The molecular formula is C18H15F3N2O4. The van der Waals surface area contributed by atoms with Crippen LogP contribution in [0.25, 0.3) is 0 Å². The summed E-state index contributed by atoms with van der Waals surface area (Å²) in [5.74, 6) is -0.703. The van der Waals surface area contributed by atoms with E-state index < -0.39 is 23.4 Å². The Morgan fingerprint density at radius 2 is 2.00 bits per heavy atom. The number of fused-ring (bicyclic) bond motifs is 1. The van der Waals surface area contributed by atoms with Gasteiger partial charge in [0.1, 0.15) is 19.0 Å². The monoisotopic (exact) mass is 380 g/mol. The van der Waals surface area contributed by atoms with Crippen LogP contribution in [0.15, 0.2) is 36.5 Å². The number of rotatable bonds is 5. The van der Waals surface area contributed by atoms with Crippen molar-refractivity contribution in [1.82, 2.24) is 4.98 Å². The first-order valence-electron chi connectivity index (χ1n) is 8.09. The summed E-state index contributed by atoms with van der Waals surface area (Å²) in [6, 6.07) is 6.98. The number of esters is 1. The second-order valence-corrected chi connectivity index (χ2v) is 5.75. The summed E-state index contributed by atoms with van der Waals surface area (Å²) in [6.07, 6.45) is -2.63. The number of benzene rings is 1. The fourth-order valence-corrected chi connectivity index (χ4v) is 2.61. The smallest absolute Gasteiger partial charge is 0.418 e. The van der Waals surface area contributed by atoms with Crippen LogP contribution in [-0.2, 0) is 22.1 Å². The lowest BCUT2D eigenvalue weighted by Crippen LogP contribution is -2.19. The minimum atomic E-state index is -4.70. The number of pyridine rings is 1. The van der Waals surface area contributed by atoms with Crippen LogP contribution in [0.1, 0.15) is 28.0 Å². The first-order valence-corrected chi connectivity index (χ1v) is 8.09. The van der Waals surface area contributed by atoms with Crippen molar-refractivity contribution in [3.05, 3.63) is 53.3 Å². The van der Waals surface area contributed by atoms with Crippen LogP contribution in [0.4, 0.5) is 18.9 Å². The molecule has 142 valence electrons. The van der Waals surface area contributed by atoms with Crippen LogP contribution < -0.4 is 10.1 Å². The molecule has 2 heterocycles. The van der Waals surface area contributed by atoms with Crippen molar-refractivity contribution >= 4 is 17.6 Å². The number of ether oxygens (including phenoxy) is 2. The third kappa shape index (κ3) is 4.55. The summed E-state index contributed by atoms with van der Waals surface area (Å²) in [6.45, 7) is -0.272. The highest BCUT2D eigenvalue weighted by Gasteiger charge is 2.36. The van der Waals surface area contributed by atoms with E-state index >= 15 is 0 Å². The van der Waals surface area contributed by atoms with Crippen LogP contribution in [0, 0.1) is 0 Å². The van der Waals surface area contributed by atoms with Crippen molar-refractivity contribution in [2.75, 3.05) is 18.5 Å². The van der Waals surface area contributed by atoms with Crippen molar-refractivity contribution < 1.29 is 32.2 Å². The van der Waals surface area contributed by atoms with E-state index in [-0.39, 0.29) is 19.1 Å². The third-order valence-electron chi connectivity index (χ3n) is 3.86. The van der Waals surface area contributed by atoms with Crippen LogP contribution in [0.2, 0.25) is 0 Å². The van der Waals surface area contributed by atoms with Crippen LogP contribution >= 0.6 is 0 Å². The number of carbonyl (C=O) groups is 2. The second-order valence-electron chi connectivity index (χ2n) is 5.75. The number of anilines is 1. The third-order valence-corrected chi connectivity index (χ3v) is 3.86. The molecule has 0 aliphatic carbocycles. The average Bonchev–Trinajstić information content (AvgIpc) is 2.64. The Bertz CT molecular complexity index is 868. The predicted octanol–water partition coefficient (Wildman–Crippen LogP) is 3.22. The molecule has 0 radical (unpaired) electrons. The maximum absolute atomic E-state index is 12.9. The number of nitrogens with zero attached hydrogens (tertiary/aromatic N) is 1. The molecule has 0 spiro atoms. The van der Waals surface area contributed by atoms with Crippen molar-refractivity contribution in [2.24, 2.45) is 0 Å². The van der Waals surface area contributed by atoms with Gasteiger partial charge in [0.05, 0.1) is 5.56 Å². The number of nitrogens with one attached hydrogen (secondary N) is 1. The van der Waals surface area contributed by atoms with Gasteiger partial charge in [-0.15, -0.1) is 0 Å². The standard InChI is InChI=1S/C18H15F3N2O4/c19-18(20,21)13-2-1-7-22-16(13)17(25)27-9-8-26-12-4-5-14-11(10-12)3-6-15(24)23-14/h1-2,4-5,7,10H,3,6,8-9H2,(H,23,24). The Morgan fingerprint density at radius 3 is 2.78 bits per heavy atom. The van der Waals surface area contributed by atoms with Gasteiger partial charge in [0, 0.05) is 18.3 Å². The topological polar surface area (TPSA) is 77.5 Å². The number of amides is 1. The van der Waals surface area contributed by atoms with Gasteiger partial charge in [0.25, 0.3) is 0 Å². The van der Waals surface area contributed by atoms with E-state index in [2.05, 4.69) is 10.3 Å². The van der Waals surface area contributed by atoms with E-state index in [1.807, 2.05) is 0 Å². The van der Waals surface area contributed by atoms with Crippen molar-refractivity contribution in [3.63, 3.8) is 0 Å². The fourth-order valence-electron chi connectivity index (χ4n) is 2.61. The number of alkyl halides is 3. The van der Waals surface area contributed by atoms with Crippen LogP contribution in [0.5, 0.6) is 5.75 Å². The van der Waals surface area contributed by atoms with E-state index in [1.54, 1.807) is 18.2 Å². The lowest BCUT2D eigenvalue weighted by Gasteiger charge is -2.17.